The first-order valence-corrected chi connectivity index (χ1v) is 7.00. The lowest BCUT2D eigenvalue weighted by Gasteiger charge is -2.09. The fraction of sp³-hybridized carbons (Fsp3) is 0.200. The fourth-order valence-corrected chi connectivity index (χ4v) is 2.17. The van der Waals surface area contributed by atoms with Gasteiger partial charge in [0.1, 0.15) is 0 Å². The van der Waals surface area contributed by atoms with Gasteiger partial charge in [-0.3, -0.25) is 10.1 Å². The minimum Gasteiger partial charge on any atom is -0.381 e. The van der Waals surface area contributed by atoms with Crippen molar-refractivity contribution in [3.05, 3.63) is 67.7 Å². The summed E-state index contributed by atoms with van der Waals surface area (Å²) < 4.78 is 1.06. The largest absolute Gasteiger partial charge is 0.381 e. The van der Waals surface area contributed by atoms with Gasteiger partial charge in [-0.15, -0.1) is 0 Å². The molecule has 0 aliphatic rings. The molecular weight excluding hydrogens is 320 g/mol. The van der Waals surface area contributed by atoms with Crippen LogP contribution in [0.3, 0.4) is 0 Å². The number of nitro groups is 1. The van der Waals surface area contributed by atoms with Crippen molar-refractivity contribution in [3.8, 4) is 0 Å². The van der Waals surface area contributed by atoms with E-state index in [0.29, 0.717) is 12.1 Å². The molecule has 20 heavy (non-hydrogen) atoms. The summed E-state index contributed by atoms with van der Waals surface area (Å²) in [7, 11) is 0. The third kappa shape index (κ3) is 3.36. The predicted octanol–water partition coefficient (Wildman–Crippen LogP) is 4.59. The van der Waals surface area contributed by atoms with E-state index < -0.39 is 0 Å². The SMILES string of the molecule is Cc1cc(NCc2ccc(C)c([N+](=O)[O-])c2)ccc1Br. The van der Waals surface area contributed by atoms with E-state index in [1.54, 1.807) is 19.1 Å². The molecule has 1 N–H and O–H groups in total. The van der Waals surface area contributed by atoms with E-state index in [-0.39, 0.29) is 10.6 Å². The van der Waals surface area contributed by atoms with E-state index in [1.165, 1.54) is 0 Å². The van der Waals surface area contributed by atoms with Crippen LogP contribution in [-0.4, -0.2) is 4.92 Å². The lowest BCUT2D eigenvalue weighted by atomic mass is 10.1. The average Bonchev–Trinajstić information content (AvgIpc) is 2.41. The van der Waals surface area contributed by atoms with Crippen LogP contribution in [0.2, 0.25) is 0 Å². The second-order valence-electron chi connectivity index (χ2n) is 4.70. The van der Waals surface area contributed by atoms with Crippen molar-refractivity contribution in [3.63, 3.8) is 0 Å². The zero-order valence-corrected chi connectivity index (χ0v) is 12.9. The van der Waals surface area contributed by atoms with Gasteiger partial charge in [-0.1, -0.05) is 28.1 Å². The van der Waals surface area contributed by atoms with Crippen LogP contribution in [0.4, 0.5) is 11.4 Å². The van der Waals surface area contributed by atoms with E-state index in [2.05, 4.69) is 21.2 Å². The van der Waals surface area contributed by atoms with Crippen LogP contribution in [0.15, 0.2) is 40.9 Å². The number of nitrogens with one attached hydrogen (secondary N) is 1. The monoisotopic (exact) mass is 334 g/mol. The smallest absolute Gasteiger partial charge is 0.272 e. The predicted molar refractivity (Wildman–Crippen MR) is 84.0 cm³/mol. The normalized spacial score (nSPS) is 10.3. The summed E-state index contributed by atoms with van der Waals surface area (Å²) in [5, 5.41) is 14.2. The molecule has 0 aliphatic heterocycles. The molecule has 0 saturated carbocycles. The third-order valence-electron chi connectivity index (χ3n) is 3.12. The number of aryl methyl sites for hydroxylation is 2. The number of nitrogens with zero attached hydrogens (tertiary/aromatic N) is 1. The highest BCUT2D eigenvalue weighted by Gasteiger charge is 2.10. The van der Waals surface area contributed by atoms with Gasteiger partial charge in [0, 0.05) is 28.3 Å². The third-order valence-corrected chi connectivity index (χ3v) is 4.01. The zero-order valence-electron chi connectivity index (χ0n) is 11.3. The first kappa shape index (κ1) is 14.5. The minimum atomic E-state index is -0.345. The molecule has 0 fully saturated rings. The highest BCUT2D eigenvalue weighted by atomic mass is 79.9. The Hall–Kier alpha value is -1.88. The number of hydrogen-bond acceptors (Lipinski definition) is 3. The molecule has 0 bridgehead atoms. The van der Waals surface area contributed by atoms with Gasteiger partial charge < -0.3 is 5.32 Å². The van der Waals surface area contributed by atoms with Gasteiger partial charge in [0.2, 0.25) is 0 Å². The van der Waals surface area contributed by atoms with Crippen molar-refractivity contribution in [1.29, 1.82) is 0 Å². The Bertz CT molecular complexity index is 656. The number of anilines is 1. The Kier molecular flexibility index (Phi) is 4.39. The maximum absolute atomic E-state index is 10.9. The van der Waals surface area contributed by atoms with E-state index in [1.807, 2.05) is 31.2 Å². The Labute approximate surface area is 126 Å². The molecular formula is C15H15BrN2O2. The van der Waals surface area contributed by atoms with Crippen LogP contribution in [-0.2, 0) is 6.54 Å². The van der Waals surface area contributed by atoms with Gasteiger partial charge in [-0.25, -0.2) is 0 Å². The van der Waals surface area contributed by atoms with Crippen LogP contribution in [0.25, 0.3) is 0 Å². The van der Waals surface area contributed by atoms with Crippen molar-refractivity contribution < 1.29 is 4.92 Å². The second-order valence-corrected chi connectivity index (χ2v) is 5.55. The molecule has 0 saturated heterocycles. The molecule has 0 spiro atoms. The van der Waals surface area contributed by atoms with Crippen LogP contribution in [0.5, 0.6) is 0 Å². The summed E-state index contributed by atoms with van der Waals surface area (Å²) in [6, 6.07) is 11.3. The first-order valence-electron chi connectivity index (χ1n) is 6.21. The van der Waals surface area contributed by atoms with Gasteiger partial charge in [0.25, 0.3) is 5.69 Å². The van der Waals surface area contributed by atoms with E-state index in [4.69, 9.17) is 0 Å². The Balaban J connectivity index is 2.12. The van der Waals surface area contributed by atoms with Gasteiger partial charge in [0.15, 0.2) is 0 Å². The first-order chi connectivity index (χ1) is 9.47. The fourth-order valence-electron chi connectivity index (χ4n) is 1.92. The van der Waals surface area contributed by atoms with Crippen LogP contribution in [0, 0.1) is 24.0 Å². The Morgan fingerprint density at radius 1 is 1.15 bits per heavy atom. The molecule has 2 aromatic rings. The van der Waals surface area contributed by atoms with Crippen molar-refractivity contribution in [2.24, 2.45) is 0 Å². The summed E-state index contributed by atoms with van der Waals surface area (Å²) in [6.45, 7) is 4.32. The molecule has 0 heterocycles. The molecule has 5 heteroatoms. The summed E-state index contributed by atoms with van der Waals surface area (Å²) >= 11 is 3.46. The summed E-state index contributed by atoms with van der Waals surface area (Å²) in [5.74, 6) is 0. The molecule has 4 nitrogen and oxygen atoms in total. The number of benzene rings is 2. The molecule has 104 valence electrons. The molecule has 0 aromatic heterocycles. The number of halogens is 1. The van der Waals surface area contributed by atoms with Crippen molar-refractivity contribution in [2.45, 2.75) is 20.4 Å². The van der Waals surface area contributed by atoms with Crippen LogP contribution in [0.1, 0.15) is 16.7 Å². The molecule has 2 aromatic carbocycles. The highest BCUT2D eigenvalue weighted by molar-refractivity contribution is 9.10. The van der Waals surface area contributed by atoms with E-state index in [9.17, 15) is 10.1 Å². The molecule has 0 amide bonds. The van der Waals surface area contributed by atoms with E-state index >= 15 is 0 Å². The summed E-state index contributed by atoms with van der Waals surface area (Å²) in [6.07, 6.45) is 0. The Morgan fingerprint density at radius 2 is 1.90 bits per heavy atom. The summed E-state index contributed by atoms with van der Waals surface area (Å²) in [5.41, 5.74) is 3.87. The maximum Gasteiger partial charge on any atom is 0.272 e. The zero-order chi connectivity index (χ0) is 14.7. The number of hydrogen-bond donors (Lipinski definition) is 1. The quantitative estimate of drug-likeness (QED) is 0.657. The molecule has 0 radical (unpaired) electrons. The van der Waals surface area contributed by atoms with Crippen LogP contribution >= 0.6 is 15.9 Å². The lowest BCUT2D eigenvalue weighted by Crippen LogP contribution is -2.01. The van der Waals surface area contributed by atoms with Crippen LogP contribution < -0.4 is 5.32 Å². The average molecular weight is 335 g/mol. The van der Waals surface area contributed by atoms with Crippen molar-refractivity contribution >= 4 is 27.3 Å². The van der Waals surface area contributed by atoms with Gasteiger partial charge >= 0.3 is 0 Å². The summed E-state index contributed by atoms with van der Waals surface area (Å²) in [4.78, 5) is 10.6. The second kappa shape index (κ2) is 6.05. The van der Waals surface area contributed by atoms with Gasteiger partial charge in [0.05, 0.1) is 4.92 Å². The number of nitro benzene ring substituents is 1. The van der Waals surface area contributed by atoms with E-state index in [0.717, 1.165) is 21.3 Å². The minimum absolute atomic E-state index is 0.163. The molecule has 0 aliphatic carbocycles. The maximum atomic E-state index is 10.9. The molecule has 0 unspecified atom stereocenters. The van der Waals surface area contributed by atoms with Gasteiger partial charge in [-0.2, -0.15) is 0 Å². The highest BCUT2D eigenvalue weighted by Crippen LogP contribution is 2.22. The standard InChI is InChI=1S/C15H15BrN2O2/c1-10-3-4-12(8-15(10)18(19)20)9-17-13-5-6-14(16)11(2)7-13/h3-8,17H,9H2,1-2H3. The lowest BCUT2D eigenvalue weighted by molar-refractivity contribution is -0.385. The number of rotatable bonds is 4. The molecule has 0 atom stereocenters. The topological polar surface area (TPSA) is 55.2 Å². The molecule has 2 rings (SSSR count). The van der Waals surface area contributed by atoms with Crippen molar-refractivity contribution in [2.75, 3.05) is 5.32 Å². The Morgan fingerprint density at radius 3 is 2.55 bits per heavy atom. The van der Waals surface area contributed by atoms with Gasteiger partial charge in [-0.05, 0) is 43.2 Å². The van der Waals surface area contributed by atoms with Crippen molar-refractivity contribution in [1.82, 2.24) is 0 Å².